The van der Waals surface area contributed by atoms with Crippen LogP contribution in [0.25, 0.3) is 115 Å². The van der Waals surface area contributed by atoms with Gasteiger partial charge in [-0.3, -0.25) is 17.8 Å². The highest BCUT2D eigenvalue weighted by atomic mass is 32.1. The van der Waals surface area contributed by atoms with Gasteiger partial charge in [0.2, 0.25) is 5.78 Å². The number of hydrogen-bond donors (Lipinski definition) is 0. The molecule has 0 aliphatic carbocycles. The summed E-state index contributed by atoms with van der Waals surface area (Å²) in [6.07, 6.45) is 0. The summed E-state index contributed by atoms with van der Waals surface area (Å²) in [4.78, 5) is 17.3. The van der Waals surface area contributed by atoms with Crippen molar-refractivity contribution in [3.8, 4) is 22.5 Å². The van der Waals surface area contributed by atoms with Crippen molar-refractivity contribution in [2.24, 2.45) is 0 Å². The lowest BCUT2D eigenvalue weighted by Gasteiger charge is -2.10. The number of aromatic nitrogens is 8. The fourth-order valence-corrected chi connectivity index (χ4v) is 10.6. The second-order valence-corrected chi connectivity index (χ2v) is 16.3. The van der Waals surface area contributed by atoms with Gasteiger partial charge in [-0.2, -0.15) is 0 Å². The van der Waals surface area contributed by atoms with Gasteiger partial charge in [-0.25, -0.2) is 15.0 Å². The van der Waals surface area contributed by atoms with E-state index in [9.17, 15) is 0 Å². The Hall–Kier alpha value is -8.01. The molecule has 0 unspecified atom stereocenters. The van der Waals surface area contributed by atoms with Gasteiger partial charge in [-0.15, -0.1) is 0 Å². The van der Waals surface area contributed by atoms with E-state index in [2.05, 4.69) is 198 Å². The highest BCUT2D eigenvalue weighted by molar-refractivity contribution is 7.21. The van der Waals surface area contributed by atoms with E-state index in [-0.39, 0.29) is 0 Å². The molecule has 6 aromatic heterocycles. The summed E-state index contributed by atoms with van der Waals surface area (Å²) in [5.74, 6) is 0.877. The van der Waals surface area contributed by atoms with Crippen LogP contribution in [0.5, 0.6) is 0 Å². The van der Waals surface area contributed by atoms with Crippen LogP contribution in [-0.4, -0.2) is 37.3 Å². The minimum absolute atomic E-state index is 0.877. The number of benzene rings is 8. The van der Waals surface area contributed by atoms with Crippen LogP contribution < -0.4 is 0 Å². The fraction of sp³-hybridized carbons (Fsp3) is 0. The lowest BCUT2D eigenvalue weighted by molar-refractivity contribution is 1.11. The topological polar surface area (TPSA) is 61.8 Å². The van der Waals surface area contributed by atoms with Crippen LogP contribution in [0.1, 0.15) is 0 Å². The third-order valence-corrected chi connectivity index (χ3v) is 13.1. The van der Waals surface area contributed by atoms with Gasteiger partial charge in [-0.1, -0.05) is 96.3 Å². The predicted molar refractivity (Wildman–Crippen MR) is 246 cm³/mol. The van der Waals surface area contributed by atoms with E-state index in [1.165, 1.54) is 21.8 Å². The van der Waals surface area contributed by atoms with Crippen molar-refractivity contribution in [1.82, 2.24) is 37.3 Å². The van der Waals surface area contributed by atoms with Crippen LogP contribution in [0.2, 0.25) is 0 Å². The summed E-state index contributed by atoms with van der Waals surface area (Å²) in [5, 5.41) is 2.41. The molecule has 0 aliphatic heterocycles. The molecule has 0 atom stereocenters. The molecule has 8 aromatic carbocycles. The van der Waals surface area contributed by atoms with Crippen LogP contribution >= 0.6 is 11.3 Å². The average molecular weight is 787 g/mol. The van der Waals surface area contributed by atoms with E-state index in [0.717, 1.165) is 93.4 Å². The number of hydrogen-bond acceptors (Lipinski definition) is 4. The minimum Gasteiger partial charge on any atom is -0.309 e. The molecule has 0 fully saturated rings. The molecular formula is C51H30N8S. The van der Waals surface area contributed by atoms with Crippen LogP contribution in [0.3, 0.4) is 0 Å². The molecule has 14 rings (SSSR count). The largest absolute Gasteiger partial charge is 0.309 e. The minimum atomic E-state index is 0.877. The van der Waals surface area contributed by atoms with Gasteiger partial charge in [-0.05, 0) is 108 Å². The van der Waals surface area contributed by atoms with Crippen molar-refractivity contribution >= 4 is 104 Å². The lowest BCUT2D eigenvalue weighted by Crippen LogP contribution is -1.96. The van der Waals surface area contributed by atoms with Gasteiger partial charge >= 0.3 is 0 Å². The normalized spacial score (nSPS) is 12.3. The van der Waals surface area contributed by atoms with Crippen molar-refractivity contribution in [2.45, 2.75) is 0 Å². The molecule has 0 amide bonds. The first kappa shape index (κ1) is 32.0. The molecule has 0 saturated heterocycles. The molecule has 0 N–H and O–H groups in total. The molecule has 60 heavy (non-hydrogen) atoms. The zero-order chi connectivity index (χ0) is 39.1. The zero-order valence-corrected chi connectivity index (χ0v) is 32.6. The third kappa shape index (κ3) is 4.30. The monoisotopic (exact) mass is 786 g/mol. The van der Waals surface area contributed by atoms with Crippen LogP contribution in [0, 0.1) is 0 Å². The maximum Gasteiger partial charge on any atom is 0.220 e. The van der Waals surface area contributed by atoms with Gasteiger partial charge in [0.05, 0.1) is 66.2 Å². The number of imidazole rings is 4. The summed E-state index contributed by atoms with van der Waals surface area (Å²) in [7, 11) is 0. The first-order valence-corrected chi connectivity index (χ1v) is 20.9. The van der Waals surface area contributed by atoms with E-state index in [0.29, 0.717) is 0 Å². The molecule has 14 aromatic rings. The van der Waals surface area contributed by atoms with Crippen molar-refractivity contribution < 1.29 is 0 Å². The molecule has 0 saturated carbocycles. The van der Waals surface area contributed by atoms with E-state index >= 15 is 0 Å². The van der Waals surface area contributed by atoms with E-state index in [4.69, 9.17) is 15.0 Å². The maximum atomic E-state index is 5.28. The zero-order valence-electron chi connectivity index (χ0n) is 31.8. The Bertz CT molecular complexity index is 4140. The summed E-state index contributed by atoms with van der Waals surface area (Å²) in [6, 6.07) is 64.9. The Morgan fingerprint density at radius 1 is 0.317 bits per heavy atom. The summed E-state index contributed by atoms with van der Waals surface area (Å²) in [6.45, 7) is 0. The fourth-order valence-electron chi connectivity index (χ4n) is 9.55. The molecule has 0 radical (unpaired) electrons. The second-order valence-electron chi connectivity index (χ2n) is 15.4. The summed E-state index contributed by atoms with van der Waals surface area (Å²) in [5.41, 5.74) is 17.2. The Kier molecular flexibility index (Phi) is 6.29. The van der Waals surface area contributed by atoms with E-state index < -0.39 is 0 Å². The van der Waals surface area contributed by atoms with Crippen molar-refractivity contribution in [2.75, 3.05) is 0 Å². The number of fused-ring (bicyclic) bond motifs is 17. The molecule has 0 bridgehead atoms. The number of nitrogens with zero attached hydrogens (tertiary/aromatic N) is 8. The van der Waals surface area contributed by atoms with Crippen molar-refractivity contribution in [3.63, 3.8) is 0 Å². The van der Waals surface area contributed by atoms with E-state index in [1.807, 2.05) is 6.07 Å². The summed E-state index contributed by atoms with van der Waals surface area (Å²) < 4.78 is 11.6. The molecule has 6 heterocycles. The predicted octanol–water partition coefficient (Wildman–Crippen LogP) is 12.6. The molecule has 0 aliphatic rings. The van der Waals surface area contributed by atoms with Crippen LogP contribution in [-0.2, 0) is 0 Å². The molecule has 8 nitrogen and oxygen atoms in total. The first-order chi connectivity index (χ1) is 29.7. The Morgan fingerprint density at radius 2 is 0.833 bits per heavy atom. The van der Waals surface area contributed by atoms with Gasteiger partial charge in [0.1, 0.15) is 0 Å². The quantitative estimate of drug-likeness (QED) is 0.179. The second kappa shape index (κ2) is 11.8. The van der Waals surface area contributed by atoms with Crippen LogP contribution in [0.4, 0.5) is 0 Å². The van der Waals surface area contributed by atoms with Crippen molar-refractivity contribution in [1.29, 1.82) is 0 Å². The average Bonchev–Trinajstić information content (AvgIpc) is 4.09. The first-order valence-electron chi connectivity index (χ1n) is 20.0. The third-order valence-electron chi connectivity index (χ3n) is 12.2. The Labute approximate surface area is 344 Å². The van der Waals surface area contributed by atoms with E-state index in [1.54, 1.807) is 11.3 Å². The highest BCUT2D eigenvalue weighted by Gasteiger charge is 2.21. The van der Waals surface area contributed by atoms with Gasteiger partial charge in [0, 0.05) is 22.1 Å². The lowest BCUT2D eigenvalue weighted by atomic mass is 10.0. The standard InChI is InChI=1S/C51H30N8S/c1-2-12-33(13-3-1)55-40-18-8-4-14-35(40)36-30-34(24-27-41(36)55)56-45-25-22-31(28-47(45)57-42-19-9-5-15-37(42)52-49(56)57)32-23-26-46-48(29-32)59-44-21-11-7-17-39(44)54-51(59)60-50-53-38-16-6-10-20-43(38)58(46)50/h1-30H. The van der Waals surface area contributed by atoms with Gasteiger partial charge in [0.15, 0.2) is 9.92 Å². The SMILES string of the molecule is c1ccc(-n2c3ccccc3c3cc(-n4c5ccc(-c6ccc7c(c6)n6c(nc8ccccc86)sc6nc8ccccc8n67)cc5n5c6ccccc6nc45)ccc32)cc1. The molecule has 9 heteroatoms. The highest BCUT2D eigenvalue weighted by Crippen LogP contribution is 2.38. The van der Waals surface area contributed by atoms with Crippen molar-refractivity contribution in [3.05, 3.63) is 182 Å². The Morgan fingerprint density at radius 3 is 1.53 bits per heavy atom. The van der Waals surface area contributed by atoms with Gasteiger partial charge in [0.25, 0.3) is 0 Å². The van der Waals surface area contributed by atoms with Crippen LogP contribution in [0.15, 0.2) is 182 Å². The molecule has 280 valence electrons. The van der Waals surface area contributed by atoms with Gasteiger partial charge < -0.3 is 4.57 Å². The smallest absolute Gasteiger partial charge is 0.220 e. The number of para-hydroxylation sites is 8. The summed E-state index contributed by atoms with van der Waals surface area (Å²) >= 11 is 1.61. The maximum absolute atomic E-state index is 5.28. The molecular weight excluding hydrogens is 757 g/mol. The number of rotatable bonds is 3. The Balaban J connectivity index is 1.03. The molecule has 0 spiro atoms.